The minimum absolute atomic E-state index is 0.0372. The summed E-state index contributed by atoms with van der Waals surface area (Å²) >= 11 is 5.93. The molecule has 112 valence electrons. The molecular weight excluding hydrogens is 277 g/mol. The van der Waals surface area contributed by atoms with E-state index < -0.39 is 5.82 Å². The van der Waals surface area contributed by atoms with Crippen LogP contribution < -0.4 is 5.73 Å². The molecule has 0 aliphatic rings. The van der Waals surface area contributed by atoms with E-state index in [-0.39, 0.29) is 12.2 Å². The lowest BCUT2D eigenvalue weighted by Gasteiger charge is -2.14. The third kappa shape index (κ3) is 5.59. The van der Waals surface area contributed by atoms with Crippen LogP contribution in [0.3, 0.4) is 0 Å². The van der Waals surface area contributed by atoms with Crippen molar-refractivity contribution in [1.82, 2.24) is 0 Å². The van der Waals surface area contributed by atoms with Crippen molar-refractivity contribution in [3.63, 3.8) is 0 Å². The first-order valence-electron chi connectivity index (χ1n) is 7.23. The second kappa shape index (κ2) is 9.09. The smallest absolute Gasteiger partial charge is 0.137 e. The van der Waals surface area contributed by atoms with Crippen molar-refractivity contribution in [2.45, 2.75) is 45.4 Å². The lowest BCUT2D eigenvalue weighted by Crippen LogP contribution is -2.12. The first-order chi connectivity index (χ1) is 9.58. The molecule has 0 bridgehead atoms. The number of hydrogen-bond acceptors (Lipinski definition) is 2. The summed E-state index contributed by atoms with van der Waals surface area (Å²) in [5.41, 5.74) is 5.89. The van der Waals surface area contributed by atoms with E-state index >= 15 is 0 Å². The van der Waals surface area contributed by atoms with E-state index in [9.17, 15) is 9.18 Å². The molecule has 0 aliphatic heterocycles. The summed E-state index contributed by atoms with van der Waals surface area (Å²) in [5.74, 6) is 0.123. The molecule has 0 saturated carbocycles. The molecule has 2 N–H and O–H groups in total. The zero-order valence-corrected chi connectivity index (χ0v) is 12.8. The number of ketones is 1. The van der Waals surface area contributed by atoms with Gasteiger partial charge in [-0.05, 0) is 37.4 Å². The number of halogens is 2. The van der Waals surface area contributed by atoms with Gasteiger partial charge in [-0.1, -0.05) is 37.4 Å². The molecule has 0 saturated heterocycles. The van der Waals surface area contributed by atoms with Gasteiger partial charge in [-0.2, -0.15) is 0 Å². The van der Waals surface area contributed by atoms with Crippen LogP contribution in [0.25, 0.3) is 0 Å². The van der Waals surface area contributed by atoms with Crippen LogP contribution >= 0.6 is 11.6 Å². The number of benzene rings is 1. The van der Waals surface area contributed by atoms with Crippen molar-refractivity contribution in [2.24, 2.45) is 11.7 Å². The molecule has 1 rings (SSSR count). The zero-order chi connectivity index (χ0) is 15.0. The largest absolute Gasteiger partial charge is 0.330 e. The summed E-state index contributed by atoms with van der Waals surface area (Å²) in [6.45, 7) is 2.78. The predicted octanol–water partition coefficient (Wildman–Crippen LogP) is 4.14. The average Bonchev–Trinajstić information content (AvgIpc) is 2.41. The topological polar surface area (TPSA) is 43.1 Å². The Balaban J connectivity index is 2.51. The third-order valence-electron chi connectivity index (χ3n) is 3.54. The fourth-order valence-electron chi connectivity index (χ4n) is 2.43. The lowest BCUT2D eigenvalue weighted by molar-refractivity contribution is -0.118. The zero-order valence-electron chi connectivity index (χ0n) is 12.0. The van der Waals surface area contributed by atoms with Gasteiger partial charge in [0, 0.05) is 23.4 Å². The summed E-state index contributed by atoms with van der Waals surface area (Å²) in [5, 5.41) is 0.324. The van der Waals surface area contributed by atoms with Crippen LogP contribution in [-0.2, 0) is 11.2 Å². The summed E-state index contributed by atoms with van der Waals surface area (Å²) in [7, 11) is 0. The Kier molecular flexibility index (Phi) is 7.78. The summed E-state index contributed by atoms with van der Waals surface area (Å²) in [6, 6.07) is 4.49. The second-order valence-electron chi connectivity index (χ2n) is 5.19. The summed E-state index contributed by atoms with van der Waals surface area (Å²) in [6.07, 6.45) is 4.50. The van der Waals surface area contributed by atoms with Crippen LogP contribution in [0.15, 0.2) is 18.2 Å². The molecule has 0 radical (unpaired) electrons. The summed E-state index contributed by atoms with van der Waals surface area (Å²) < 4.78 is 13.6. The normalized spacial score (nSPS) is 12.4. The number of nitrogens with two attached hydrogens (primary N) is 1. The van der Waals surface area contributed by atoms with Crippen LogP contribution in [0.1, 0.15) is 44.6 Å². The number of carbonyl (C=O) groups is 1. The molecule has 0 aromatic heterocycles. The molecule has 0 heterocycles. The Labute approximate surface area is 125 Å². The third-order valence-corrected chi connectivity index (χ3v) is 3.89. The maximum atomic E-state index is 13.6. The monoisotopic (exact) mass is 299 g/mol. The van der Waals surface area contributed by atoms with Crippen molar-refractivity contribution in [3.8, 4) is 0 Å². The average molecular weight is 300 g/mol. The van der Waals surface area contributed by atoms with Crippen molar-refractivity contribution >= 4 is 17.4 Å². The first-order valence-corrected chi connectivity index (χ1v) is 7.60. The molecule has 0 fully saturated rings. The SMILES string of the molecule is CCCC(CCN)CCC(=O)Cc1c(F)cccc1Cl. The van der Waals surface area contributed by atoms with Crippen molar-refractivity contribution in [2.75, 3.05) is 6.54 Å². The maximum absolute atomic E-state index is 13.6. The van der Waals surface area contributed by atoms with Crippen molar-refractivity contribution in [1.29, 1.82) is 0 Å². The molecule has 2 nitrogen and oxygen atoms in total. The Hall–Kier alpha value is -0.930. The molecule has 1 atom stereocenters. The Morgan fingerprint density at radius 2 is 2.10 bits per heavy atom. The van der Waals surface area contributed by atoms with Gasteiger partial charge in [0.1, 0.15) is 11.6 Å². The van der Waals surface area contributed by atoms with Gasteiger partial charge in [0.25, 0.3) is 0 Å². The van der Waals surface area contributed by atoms with E-state index in [1.807, 2.05) is 0 Å². The number of carbonyl (C=O) groups excluding carboxylic acids is 1. The molecule has 1 aromatic carbocycles. The van der Waals surface area contributed by atoms with Crippen LogP contribution in [0.2, 0.25) is 5.02 Å². The van der Waals surface area contributed by atoms with Crippen molar-refractivity contribution < 1.29 is 9.18 Å². The molecule has 20 heavy (non-hydrogen) atoms. The molecule has 4 heteroatoms. The van der Waals surface area contributed by atoms with E-state index in [4.69, 9.17) is 17.3 Å². The number of hydrogen-bond donors (Lipinski definition) is 1. The highest BCUT2D eigenvalue weighted by Gasteiger charge is 2.14. The standard InChI is InChI=1S/C16H23ClFNO/c1-2-4-12(9-10-19)7-8-13(20)11-14-15(17)5-3-6-16(14)18/h3,5-6,12H,2,4,7-11,19H2,1H3. The highest BCUT2D eigenvalue weighted by Crippen LogP contribution is 2.22. The van der Waals surface area contributed by atoms with E-state index in [0.717, 1.165) is 25.7 Å². The Bertz CT molecular complexity index is 410. The van der Waals surface area contributed by atoms with Crippen LogP contribution in [0, 0.1) is 11.7 Å². The lowest BCUT2D eigenvalue weighted by atomic mass is 9.92. The van der Waals surface area contributed by atoms with Gasteiger partial charge in [0.05, 0.1) is 0 Å². The molecular formula is C16H23ClFNO. The van der Waals surface area contributed by atoms with Crippen LogP contribution in [-0.4, -0.2) is 12.3 Å². The van der Waals surface area contributed by atoms with Crippen LogP contribution in [0.5, 0.6) is 0 Å². The number of rotatable bonds is 9. The highest BCUT2D eigenvalue weighted by atomic mass is 35.5. The van der Waals surface area contributed by atoms with E-state index in [0.29, 0.717) is 29.5 Å². The van der Waals surface area contributed by atoms with Gasteiger partial charge >= 0.3 is 0 Å². The molecule has 0 amide bonds. The first kappa shape index (κ1) is 17.1. The second-order valence-corrected chi connectivity index (χ2v) is 5.59. The van der Waals surface area contributed by atoms with Crippen LogP contribution in [0.4, 0.5) is 4.39 Å². The van der Waals surface area contributed by atoms with Gasteiger partial charge in [-0.3, -0.25) is 4.79 Å². The predicted molar refractivity (Wildman–Crippen MR) is 81.4 cm³/mol. The fourth-order valence-corrected chi connectivity index (χ4v) is 2.66. The minimum Gasteiger partial charge on any atom is -0.330 e. The Morgan fingerprint density at radius 1 is 1.35 bits per heavy atom. The van der Waals surface area contributed by atoms with Crippen molar-refractivity contribution in [3.05, 3.63) is 34.6 Å². The van der Waals surface area contributed by atoms with E-state index in [1.54, 1.807) is 12.1 Å². The molecule has 1 unspecified atom stereocenters. The Morgan fingerprint density at radius 3 is 2.70 bits per heavy atom. The van der Waals surface area contributed by atoms with Gasteiger partial charge < -0.3 is 5.73 Å². The molecule has 0 spiro atoms. The van der Waals surface area contributed by atoms with Gasteiger partial charge in [-0.15, -0.1) is 0 Å². The van der Waals surface area contributed by atoms with Gasteiger partial charge in [-0.25, -0.2) is 4.39 Å². The van der Waals surface area contributed by atoms with Gasteiger partial charge in [0.2, 0.25) is 0 Å². The van der Waals surface area contributed by atoms with E-state index in [2.05, 4.69) is 6.92 Å². The summed E-state index contributed by atoms with van der Waals surface area (Å²) in [4.78, 5) is 12.0. The maximum Gasteiger partial charge on any atom is 0.137 e. The van der Waals surface area contributed by atoms with E-state index in [1.165, 1.54) is 6.07 Å². The molecule has 0 aliphatic carbocycles. The van der Waals surface area contributed by atoms with Gasteiger partial charge in [0.15, 0.2) is 0 Å². The quantitative estimate of drug-likeness (QED) is 0.745. The highest BCUT2D eigenvalue weighted by molar-refractivity contribution is 6.31. The number of Topliss-reactive ketones (excluding diaryl/α,β-unsaturated/α-hetero) is 1. The fraction of sp³-hybridized carbons (Fsp3) is 0.562. The molecule has 1 aromatic rings. The minimum atomic E-state index is -0.405.